The van der Waals surface area contributed by atoms with Gasteiger partial charge in [0.25, 0.3) is 0 Å². The summed E-state index contributed by atoms with van der Waals surface area (Å²) >= 11 is 2.42. The molecule has 2 aromatic rings. The molecule has 7 heteroatoms. The number of carboxylic acid groups (broad SMARTS) is 1. The Balaban J connectivity index is 2.22. The maximum Gasteiger partial charge on any atom is 0.309 e. The lowest BCUT2D eigenvalue weighted by Gasteiger charge is -2.01. The predicted octanol–water partition coefficient (Wildman–Crippen LogP) is 2.93. The maximum absolute atomic E-state index is 13.4. The van der Waals surface area contributed by atoms with E-state index >= 15 is 0 Å². The van der Waals surface area contributed by atoms with Gasteiger partial charge in [0, 0.05) is 10.3 Å². The zero-order valence-corrected chi connectivity index (χ0v) is 11.1. The molecule has 0 aliphatic carbocycles. The SMILES string of the molecule is N#Cc1c(F)cccc1Sc1nc(CC(=O)O)cs1. The summed E-state index contributed by atoms with van der Waals surface area (Å²) in [5.74, 6) is -1.53. The molecule has 0 unspecified atom stereocenters. The Bertz CT molecular complexity index is 664. The van der Waals surface area contributed by atoms with Crippen molar-refractivity contribution in [1.82, 2.24) is 4.98 Å². The van der Waals surface area contributed by atoms with Crippen molar-refractivity contribution in [3.63, 3.8) is 0 Å². The zero-order valence-electron chi connectivity index (χ0n) is 9.46. The fraction of sp³-hybridized carbons (Fsp3) is 0.0833. The van der Waals surface area contributed by atoms with Crippen molar-refractivity contribution in [3.05, 3.63) is 40.7 Å². The van der Waals surface area contributed by atoms with Crippen molar-refractivity contribution in [2.24, 2.45) is 0 Å². The van der Waals surface area contributed by atoms with Crippen molar-refractivity contribution in [3.8, 4) is 6.07 Å². The lowest BCUT2D eigenvalue weighted by Crippen LogP contribution is -1.99. The number of carboxylic acids is 1. The highest BCUT2D eigenvalue weighted by Crippen LogP contribution is 2.33. The number of hydrogen-bond donors (Lipinski definition) is 1. The van der Waals surface area contributed by atoms with Crippen molar-refractivity contribution in [2.45, 2.75) is 15.7 Å². The molecule has 0 radical (unpaired) electrons. The molecule has 19 heavy (non-hydrogen) atoms. The average Bonchev–Trinajstić information content (AvgIpc) is 2.76. The Morgan fingerprint density at radius 3 is 3.05 bits per heavy atom. The van der Waals surface area contributed by atoms with Crippen molar-refractivity contribution >= 4 is 29.1 Å². The number of benzene rings is 1. The average molecular weight is 294 g/mol. The fourth-order valence-electron chi connectivity index (χ4n) is 1.36. The largest absolute Gasteiger partial charge is 0.481 e. The summed E-state index contributed by atoms with van der Waals surface area (Å²) in [6.45, 7) is 0. The van der Waals surface area contributed by atoms with E-state index < -0.39 is 11.8 Å². The molecular formula is C12H7FN2O2S2. The second-order valence-electron chi connectivity index (χ2n) is 3.50. The molecule has 0 bridgehead atoms. The number of nitrogens with zero attached hydrogens (tertiary/aromatic N) is 2. The van der Waals surface area contributed by atoms with Gasteiger partial charge in [-0.15, -0.1) is 11.3 Å². The smallest absolute Gasteiger partial charge is 0.309 e. The third-order valence-corrected chi connectivity index (χ3v) is 4.20. The van der Waals surface area contributed by atoms with Gasteiger partial charge in [-0.05, 0) is 12.1 Å². The number of thiazole rings is 1. The molecule has 0 amide bonds. The molecule has 1 N–H and O–H groups in total. The lowest BCUT2D eigenvalue weighted by molar-refractivity contribution is -0.136. The molecular weight excluding hydrogens is 287 g/mol. The Kier molecular flexibility index (Phi) is 4.14. The van der Waals surface area contributed by atoms with Crippen LogP contribution in [-0.4, -0.2) is 16.1 Å². The topological polar surface area (TPSA) is 74.0 Å². The molecule has 0 atom stereocenters. The van der Waals surface area contributed by atoms with Crippen LogP contribution < -0.4 is 0 Å². The van der Waals surface area contributed by atoms with Gasteiger partial charge >= 0.3 is 5.97 Å². The number of nitriles is 1. The van der Waals surface area contributed by atoms with E-state index in [0.717, 1.165) is 11.8 Å². The molecule has 0 saturated heterocycles. The molecule has 0 aliphatic rings. The number of carbonyl (C=O) groups is 1. The van der Waals surface area contributed by atoms with Gasteiger partial charge in [0.1, 0.15) is 17.4 Å². The number of aliphatic carboxylic acids is 1. The van der Waals surface area contributed by atoms with Crippen LogP contribution in [0.5, 0.6) is 0 Å². The molecule has 0 spiro atoms. The minimum Gasteiger partial charge on any atom is -0.481 e. The summed E-state index contributed by atoms with van der Waals surface area (Å²) in [7, 11) is 0. The van der Waals surface area contributed by atoms with Gasteiger partial charge in [0.2, 0.25) is 0 Å². The number of halogens is 1. The molecule has 1 aromatic carbocycles. The van der Waals surface area contributed by atoms with Crippen molar-refractivity contribution in [2.75, 3.05) is 0 Å². The summed E-state index contributed by atoms with van der Waals surface area (Å²) in [6.07, 6.45) is -0.148. The van der Waals surface area contributed by atoms with Crippen molar-refractivity contribution < 1.29 is 14.3 Å². The Morgan fingerprint density at radius 2 is 2.37 bits per heavy atom. The van der Waals surface area contributed by atoms with Gasteiger partial charge in [-0.3, -0.25) is 4.79 Å². The Labute approximate surface area is 116 Å². The first-order chi connectivity index (χ1) is 9.10. The van der Waals surface area contributed by atoms with Gasteiger partial charge in [-0.1, -0.05) is 17.8 Å². The third-order valence-electron chi connectivity index (χ3n) is 2.15. The number of rotatable bonds is 4. The van der Waals surface area contributed by atoms with E-state index in [1.807, 2.05) is 6.07 Å². The van der Waals surface area contributed by atoms with Gasteiger partial charge < -0.3 is 5.11 Å². The standard InChI is InChI=1S/C12H7FN2O2S2/c13-9-2-1-3-10(8(9)5-14)19-12-15-7(6-18-12)4-11(16)17/h1-3,6H,4H2,(H,16,17). The van der Waals surface area contributed by atoms with Crippen LogP contribution >= 0.6 is 23.1 Å². The van der Waals surface area contributed by atoms with Crippen LogP contribution in [0.3, 0.4) is 0 Å². The summed E-state index contributed by atoms with van der Waals surface area (Å²) in [4.78, 5) is 15.1. The first-order valence-corrected chi connectivity index (χ1v) is 6.82. The molecule has 2 rings (SSSR count). The lowest BCUT2D eigenvalue weighted by atomic mass is 10.2. The first-order valence-electron chi connectivity index (χ1n) is 5.13. The molecule has 0 fully saturated rings. The molecule has 96 valence electrons. The highest BCUT2D eigenvalue weighted by atomic mass is 32.2. The molecule has 1 aromatic heterocycles. The minimum absolute atomic E-state index is 0.0255. The van der Waals surface area contributed by atoms with Crippen LogP contribution in [0.1, 0.15) is 11.3 Å². The minimum atomic E-state index is -0.953. The van der Waals surface area contributed by atoms with E-state index in [2.05, 4.69) is 4.98 Å². The van der Waals surface area contributed by atoms with Crippen molar-refractivity contribution in [1.29, 1.82) is 5.26 Å². The van der Waals surface area contributed by atoms with E-state index in [9.17, 15) is 9.18 Å². The first kappa shape index (κ1) is 13.5. The second kappa shape index (κ2) is 5.82. The van der Waals surface area contributed by atoms with E-state index in [0.29, 0.717) is 14.9 Å². The van der Waals surface area contributed by atoms with Crippen LogP contribution in [0.15, 0.2) is 32.8 Å². The maximum atomic E-state index is 13.4. The predicted molar refractivity (Wildman–Crippen MR) is 68.7 cm³/mol. The van der Waals surface area contributed by atoms with Gasteiger partial charge in [0.15, 0.2) is 4.34 Å². The highest BCUT2D eigenvalue weighted by Gasteiger charge is 2.12. The normalized spacial score (nSPS) is 10.1. The summed E-state index contributed by atoms with van der Waals surface area (Å²) in [6, 6.07) is 6.18. The molecule has 0 saturated carbocycles. The molecule has 1 heterocycles. The summed E-state index contributed by atoms with van der Waals surface area (Å²) in [5.41, 5.74) is 0.428. The number of hydrogen-bond acceptors (Lipinski definition) is 5. The van der Waals surface area contributed by atoms with Gasteiger partial charge in [-0.2, -0.15) is 5.26 Å². The second-order valence-corrected chi connectivity index (χ2v) is 5.65. The monoisotopic (exact) mass is 294 g/mol. The quantitative estimate of drug-likeness (QED) is 0.938. The highest BCUT2D eigenvalue weighted by molar-refractivity contribution is 8.01. The summed E-state index contributed by atoms with van der Waals surface area (Å²) < 4.78 is 14.0. The van der Waals surface area contributed by atoms with Gasteiger partial charge in [0.05, 0.1) is 12.1 Å². The van der Waals surface area contributed by atoms with E-state index in [1.165, 1.54) is 23.5 Å². The Hall–Kier alpha value is -1.91. The molecule has 0 aliphatic heterocycles. The zero-order chi connectivity index (χ0) is 13.8. The van der Waals surface area contributed by atoms with Gasteiger partial charge in [-0.25, -0.2) is 9.37 Å². The Morgan fingerprint density at radius 1 is 1.58 bits per heavy atom. The van der Waals surface area contributed by atoms with E-state index in [4.69, 9.17) is 10.4 Å². The van der Waals surface area contributed by atoms with Crippen LogP contribution in [-0.2, 0) is 11.2 Å². The fourth-order valence-corrected chi connectivity index (χ4v) is 3.26. The molecule has 4 nitrogen and oxygen atoms in total. The number of aromatic nitrogens is 1. The summed E-state index contributed by atoms with van der Waals surface area (Å²) in [5, 5.41) is 19.2. The van der Waals surface area contributed by atoms with Crippen LogP contribution in [0.4, 0.5) is 4.39 Å². The third kappa shape index (κ3) is 3.30. The van der Waals surface area contributed by atoms with Crippen LogP contribution in [0.25, 0.3) is 0 Å². The van der Waals surface area contributed by atoms with Crippen LogP contribution in [0, 0.1) is 17.1 Å². The van der Waals surface area contributed by atoms with Crippen LogP contribution in [0.2, 0.25) is 0 Å². The van der Waals surface area contributed by atoms with E-state index in [1.54, 1.807) is 11.4 Å². The van der Waals surface area contributed by atoms with E-state index in [-0.39, 0.29) is 12.0 Å².